The number of hydrogen-bond acceptors (Lipinski definition) is 5. The van der Waals surface area contributed by atoms with Crippen LogP contribution >= 0.6 is 0 Å². The molecule has 0 heterocycles. The molecule has 1 fully saturated rings. The largest absolute Gasteiger partial charge is 0.383 e. The van der Waals surface area contributed by atoms with Crippen LogP contribution in [0.3, 0.4) is 0 Å². The standard InChI is InChI=1S/C21H36N4O4S/c1-7-22-19(25-18-14-21(4,29-6)20(18,2)3)23-15-16-9-8-10-17(13-16)30(26,27)24-11-12-28-5/h8-10,13,18,24H,7,11-12,14-15H2,1-6H3,(H2,22,23,25). The van der Waals surface area contributed by atoms with E-state index in [2.05, 4.69) is 41.1 Å². The van der Waals surface area contributed by atoms with E-state index in [0.29, 0.717) is 19.1 Å². The molecule has 0 spiro atoms. The lowest BCUT2D eigenvalue weighted by Gasteiger charge is -2.59. The third kappa shape index (κ3) is 5.51. The lowest BCUT2D eigenvalue weighted by molar-refractivity contribution is -0.176. The zero-order chi connectivity index (χ0) is 22.4. The lowest BCUT2D eigenvalue weighted by Crippen LogP contribution is -2.69. The Morgan fingerprint density at radius 2 is 2.00 bits per heavy atom. The van der Waals surface area contributed by atoms with Gasteiger partial charge in [-0.05, 0) is 38.0 Å². The molecule has 1 aromatic carbocycles. The minimum Gasteiger partial charge on any atom is -0.383 e. The first-order valence-corrected chi connectivity index (χ1v) is 11.8. The van der Waals surface area contributed by atoms with Crippen LogP contribution in [0.5, 0.6) is 0 Å². The smallest absolute Gasteiger partial charge is 0.240 e. The summed E-state index contributed by atoms with van der Waals surface area (Å²) < 4.78 is 38.0. The highest BCUT2D eigenvalue weighted by atomic mass is 32.2. The Balaban J connectivity index is 2.08. The van der Waals surface area contributed by atoms with E-state index >= 15 is 0 Å². The molecule has 0 aliphatic heterocycles. The highest BCUT2D eigenvalue weighted by Gasteiger charge is 2.58. The first-order valence-electron chi connectivity index (χ1n) is 10.3. The van der Waals surface area contributed by atoms with E-state index in [-0.39, 0.29) is 28.5 Å². The van der Waals surface area contributed by atoms with Crippen molar-refractivity contribution in [3.05, 3.63) is 29.8 Å². The van der Waals surface area contributed by atoms with Crippen molar-refractivity contribution in [1.82, 2.24) is 15.4 Å². The summed E-state index contributed by atoms with van der Waals surface area (Å²) >= 11 is 0. The Morgan fingerprint density at radius 1 is 1.27 bits per heavy atom. The molecule has 3 N–H and O–H groups in total. The molecule has 8 nitrogen and oxygen atoms in total. The van der Waals surface area contributed by atoms with Gasteiger partial charge in [0.25, 0.3) is 0 Å². The van der Waals surface area contributed by atoms with Gasteiger partial charge in [0.2, 0.25) is 10.0 Å². The molecule has 0 aromatic heterocycles. The Kier molecular flexibility index (Phi) is 8.27. The Bertz CT molecular complexity index is 841. The zero-order valence-corrected chi connectivity index (χ0v) is 19.7. The van der Waals surface area contributed by atoms with Gasteiger partial charge in [0, 0.05) is 38.8 Å². The van der Waals surface area contributed by atoms with Gasteiger partial charge in [-0.3, -0.25) is 0 Å². The summed E-state index contributed by atoms with van der Waals surface area (Å²) in [6, 6.07) is 7.06. The van der Waals surface area contributed by atoms with Gasteiger partial charge in [-0.1, -0.05) is 26.0 Å². The van der Waals surface area contributed by atoms with Crippen LogP contribution in [0.2, 0.25) is 0 Å². The summed E-state index contributed by atoms with van der Waals surface area (Å²) in [6.45, 7) is 10.2. The SMILES string of the molecule is CCNC(=NCc1cccc(S(=O)(=O)NCCOC)c1)NC1CC(C)(OC)C1(C)C. The van der Waals surface area contributed by atoms with Crippen LogP contribution < -0.4 is 15.4 Å². The number of guanidine groups is 1. The van der Waals surface area contributed by atoms with Gasteiger partial charge in [-0.2, -0.15) is 0 Å². The van der Waals surface area contributed by atoms with Gasteiger partial charge in [0.05, 0.1) is 23.6 Å². The van der Waals surface area contributed by atoms with Crippen LogP contribution in [0.15, 0.2) is 34.2 Å². The maximum Gasteiger partial charge on any atom is 0.240 e. The van der Waals surface area contributed by atoms with Crippen molar-refractivity contribution < 1.29 is 17.9 Å². The van der Waals surface area contributed by atoms with Gasteiger partial charge in [-0.25, -0.2) is 18.1 Å². The Labute approximate surface area is 180 Å². The van der Waals surface area contributed by atoms with E-state index in [4.69, 9.17) is 9.47 Å². The summed E-state index contributed by atoms with van der Waals surface area (Å²) in [5.74, 6) is 0.709. The number of nitrogens with one attached hydrogen (secondary N) is 3. The van der Waals surface area contributed by atoms with E-state index < -0.39 is 10.0 Å². The lowest BCUT2D eigenvalue weighted by atomic mass is 9.56. The number of rotatable bonds is 10. The summed E-state index contributed by atoms with van der Waals surface area (Å²) in [5, 5.41) is 6.77. The molecule has 2 atom stereocenters. The molecular weight excluding hydrogens is 404 g/mol. The number of sulfonamides is 1. The fraction of sp³-hybridized carbons (Fsp3) is 0.667. The van der Waals surface area contributed by atoms with Crippen molar-refractivity contribution in [2.75, 3.05) is 33.9 Å². The Hall–Kier alpha value is -1.68. The average Bonchev–Trinajstić information content (AvgIpc) is 2.71. The summed E-state index contributed by atoms with van der Waals surface area (Å²) in [5.41, 5.74) is 0.608. The predicted molar refractivity (Wildman–Crippen MR) is 119 cm³/mol. The number of nitrogens with zero attached hydrogens (tertiary/aromatic N) is 1. The third-order valence-electron chi connectivity index (χ3n) is 6.16. The molecule has 0 amide bonds. The molecule has 1 aromatic rings. The van der Waals surface area contributed by atoms with Gasteiger partial charge >= 0.3 is 0 Å². The van der Waals surface area contributed by atoms with E-state index in [1.165, 1.54) is 7.11 Å². The number of aliphatic imine (C=N–C) groups is 1. The number of methoxy groups -OCH3 is 2. The normalized spacial score (nSPS) is 23.7. The van der Waals surface area contributed by atoms with Gasteiger partial charge < -0.3 is 20.1 Å². The molecule has 0 bridgehead atoms. The van der Waals surface area contributed by atoms with E-state index in [9.17, 15) is 8.42 Å². The van der Waals surface area contributed by atoms with Gasteiger partial charge in [-0.15, -0.1) is 0 Å². The van der Waals surface area contributed by atoms with Crippen molar-refractivity contribution in [2.24, 2.45) is 10.4 Å². The Morgan fingerprint density at radius 3 is 2.60 bits per heavy atom. The summed E-state index contributed by atoms with van der Waals surface area (Å²) in [4.78, 5) is 4.88. The zero-order valence-electron chi connectivity index (χ0n) is 18.9. The molecule has 30 heavy (non-hydrogen) atoms. The monoisotopic (exact) mass is 440 g/mol. The highest BCUT2D eigenvalue weighted by molar-refractivity contribution is 7.89. The van der Waals surface area contributed by atoms with Crippen molar-refractivity contribution in [1.29, 1.82) is 0 Å². The predicted octanol–water partition coefficient (Wildman–Crippen LogP) is 1.87. The van der Waals surface area contributed by atoms with Crippen LogP contribution in [0.25, 0.3) is 0 Å². The quantitative estimate of drug-likeness (QED) is 0.292. The first-order chi connectivity index (χ1) is 14.1. The summed E-state index contributed by atoms with van der Waals surface area (Å²) in [6.07, 6.45) is 0.891. The molecule has 0 saturated heterocycles. The number of ether oxygens (including phenoxy) is 2. The molecular formula is C21H36N4O4S. The summed E-state index contributed by atoms with van der Waals surface area (Å²) in [7, 11) is -0.289. The van der Waals surface area contributed by atoms with Crippen LogP contribution in [0.1, 0.15) is 39.7 Å². The highest BCUT2D eigenvalue weighted by Crippen LogP contribution is 2.51. The molecule has 1 aliphatic rings. The minimum absolute atomic E-state index is 0.0419. The molecule has 1 saturated carbocycles. The molecule has 170 valence electrons. The van der Waals surface area contributed by atoms with Crippen molar-refractivity contribution in [3.8, 4) is 0 Å². The van der Waals surface area contributed by atoms with Crippen molar-refractivity contribution in [2.45, 2.75) is 57.2 Å². The second kappa shape index (κ2) is 10.1. The van der Waals surface area contributed by atoms with Gasteiger partial charge in [0.15, 0.2) is 5.96 Å². The van der Waals surface area contributed by atoms with Crippen LogP contribution in [0, 0.1) is 5.41 Å². The fourth-order valence-corrected chi connectivity index (χ4v) is 4.63. The van der Waals surface area contributed by atoms with Crippen molar-refractivity contribution >= 4 is 16.0 Å². The van der Waals surface area contributed by atoms with Gasteiger partial charge in [0.1, 0.15) is 0 Å². The van der Waals surface area contributed by atoms with Crippen LogP contribution in [-0.4, -0.2) is 59.9 Å². The molecule has 9 heteroatoms. The number of hydrogen-bond donors (Lipinski definition) is 3. The minimum atomic E-state index is -3.57. The number of benzene rings is 1. The maximum absolute atomic E-state index is 12.4. The average molecular weight is 441 g/mol. The molecule has 1 aliphatic carbocycles. The maximum atomic E-state index is 12.4. The second-order valence-corrected chi connectivity index (χ2v) is 10.1. The van der Waals surface area contributed by atoms with Crippen molar-refractivity contribution in [3.63, 3.8) is 0 Å². The fourth-order valence-electron chi connectivity index (χ4n) is 3.55. The van der Waals surface area contributed by atoms with Crippen LogP contribution in [0.4, 0.5) is 0 Å². The van der Waals surface area contributed by atoms with E-state index in [1.54, 1.807) is 25.3 Å². The molecule has 2 unspecified atom stereocenters. The molecule has 0 radical (unpaired) electrons. The van der Waals surface area contributed by atoms with Crippen LogP contribution in [-0.2, 0) is 26.0 Å². The second-order valence-electron chi connectivity index (χ2n) is 8.29. The molecule has 2 rings (SSSR count). The van der Waals surface area contributed by atoms with E-state index in [0.717, 1.165) is 18.5 Å². The first kappa shape index (κ1) is 24.6. The topological polar surface area (TPSA) is 101 Å². The van der Waals surface area contributed by atoms with E-state index in [1.807, 2.05) is 13.0 Å². The third-order valence-corrected chi connectivity index (χ3v) is 7.62.